The Hall–Kier alpha value is -3.71. The number of benzene rings is 3. The van der Waals surface area contributed by atoms with Crippen LogP contribution in [0, 0.1) is 19.8 Å². The van der Waals surface area contributed by atoms with Gasteiger partial charge in [-0.1, -0.05) is 41.9 Å². The second kappa shape index (κ2) is 10.7. The Morgan fingerprint density at radius 2 is 1.89 bits per heavy atom. The van der Waals surface area contributed by atoms with E-state index in [2.05, 4.69) is 10.9 Å². The van der Waals surface area contributed by atoms with Crippen LogP contribution in [0.15, 0.2) is 60.7 Å². The molecule has 0 spiro atoms. The summed E-state index contributed by atoms with van der Waals surface area (Å²) < 4.78 is 11.5. The summed E-state index contributed by atoms with van der Waals surface area (Å²) in [6, 6.07) is 18.6. The highest BCUT2D eigenvalue weighted by atomic mass is 35.5. The van der Waals surface area contributed by atoms with E-state index in [9.17, 15) is 9.59 Å². The van der Waals surface area contributed by atoms with E-state index in [4.69, 9.17) is 21.1 Å². The third kappa shape index (κ3) is 5.52. The number of para-hydroxylation sites is 1. The zero-order chi connectivity index (χ0) is 24.9. The maximum absolute atomic E-state index is 12.9. The summed E-state index contributed by atoms with van der Waals surface area (Å²) in [4.78, 5) is 27.2. The number of halogens is 1. The number of hydrogen-bond acceptors (Lipinski definition) is 5. The van der Waals surface area contributed by atoms with Gasteiger partial charge in [0.1, 0.15) is 6.61 Å². The van der Waals surface area contributed by atoms with Crippen LogP contribution in [-0.4, -0.2) is 25.5 Å². The highest BCUT2D eigenvalue weighted by molar-refractivity contribution is 6.31. The summed E-state index contributed by atoms with van der Waals surface area (Å²) in [5, 5.41) is 0.601. The molecule has 35 heavy (non-hydrogen) atoms. The number of amides is 2. The van der Waals surface area contributed by atoms with E-state index in [0.717, 1.165) is 22.4 Å². The van der Waals surface area contributed by atoms with Crippen molar-refractivity contribution in [2.75, 3.05) is 24.0 Å². The fourth-order valence-electron chi connectivity index (χ4n) is 3.95. The van der Waals surface area contributed by atoms with Crippen LogP contribution in [0.5, 0.6) is 11.5 Å². The molecule has 1 atom stereocenters. The molecule has 3 aromatic rings. The molecule has 0 aliphatic carbocycles. The van der Waals surface area contributed by atoms with Gasteiger partial charge in [-0.05, 0) is 55.3 Å². The predicted octanol–water partition coefficient (Wildman–Crippen LogP) is 5.04. The number of rotatable bonds is 8. The Morgan fingerprint density at radius 3 is 2.63 bits per heavy atom. The molecule has 1 heterocycles. The lowest BCUT2D eigenvalue weighted by Crippen LogP contribution is -2.36. The van der Waals surface area contributed by atoms with Crippen LogP contribution >= 0.6 is 11.6 Å². The fourth-order valence-corrected chi connectivity index (χ4v) is 4.14. The van der Waals surface area contributed by atoms with Crippen molar-refractivity contribution in [3.8, 4) is 11.5 Å². The fraction of sp³-hybridized carbons (Fsp3) is 0.259. The van der Waals surface area contributed by atoms with E-state index in [1.165, 1.54) is 0 Å². The van der Waals surface area contributed by atoms with Crippen molar-refractivity contribution in [2.45, 2.75) is 26.9 Å². The summed E-state index contributed by atoms with van der Waals surface area (Å²) in [7, 11) is 1.55. The van der Waals surface area contributed by atoms with Gasteiger partial charge in [0, 0.05) is 29.2 Å². The lowest BCUT2D eigenvalue weighted by Gasteiger charge is -2.19. The number of carbonyl (C=O) groups excluding carboxylic acids is 2. The molecular weight excluding hydrogens is 466 g/mol. The SMILES string of the molecule is COc1cccc(NNC(=O)[C@@H]2CC(=O)N(c3ccc(C)c(C)c3)C2)c1OCc1ccccc1Cl. The molecule has 0 saturated carbocycles. The van der Waals surface area contributed by atoms with Crippen LogP contribution in [0.4, 0.5) is 11.4 Å². The smallest absolute Gasteiger partial charge is 0.243 e. The number of aryl methyl sites for hydroxylation is 2. The number of hydrogen-bond donors (Lipinski definition) is 2. The van der Waals surface area contributed by atoms with E-state index in [1.807, 2.05) is 50.2 Å². The highest BCUT2D eigenvalue weighted by Gasteiger charge is 2.35. The van der Waals surface area contributed by atoms with Crippen LogP contribution in [0.25, 0.3) is 0 Å². The van der Waals surface area contributed by atoms with Gasteiger partial charge in [0.05, 0.1) is 18.7 Å². The summed E-state index contributed by atoms with van der Waals surface area (Å²) in [5.41, 5.74) is 10.1. The molecule has 7 nitrogen and oxygen atoms in total. The summed E-state index contributed by atoms with van der Waals surface area (Å²) >= 11 is 6.25. The van der Waals surface area contributed by atoms with Crippen LogP contribution in [0.2, 0.25) is 5.02 Å². The number of anilines is 2. The number of carbonyl (C=O) groups is 2. The van der Waals surface area contributed by atoms with Crippen LogP contribution in [-0.2, 0) is 16.2 Å². The maximum Gasteiger partial charge on any atom is 0.243 e. The Bertz CT molecular complexity index is 1250. The minimum atomic E-state index is -0.477. The number of nitrogens with zero attached hydrogens (tertiary/aromatic N) is 1. The largest absolute Gasteiger partial charge is 0.493 e. The van der Waals surface area contributed by atoms with Crippen molar-refractivity contribution in [1.29, 1.82) is 0 Å². The van der Waals surface area contributed by atoms with Gasteiger partial charge in [0.25, 0.3) is 0 Å². The number of ether oxygens (including phenoxy) is 2. The lowest BCUT2D eigenvalue weighted by atomic mass is 10.1. The van der Waals surface area contributed by atoms with Crippen molar-refractivity contribution in [3.63, 3.8) is 0 Å². The van der Waals surface area contributed by atoms with Gasteiger partial charge in [0.2, 0.25) is 11.8 Å². The van der Waals surface area contributed by atoms with E-state index >= 15 is 0 Å². The molecule has 0 radical (unpaired) electrons. The maximum atomic E-state index is 12.9. The molecule has 1 aliphatic heterocycles. The average molecular weight is 494 g/mol. The second-order valence-corrected chi connectivity index (χ2v) is 8.91. The molecule has 182 valence electrons. The minimum absolute atomic E-state index is 0.0708. The third-order valence-electron chi connectivity index (χ3n) is 6.15. The first-order valence-corrected chi connectivity index (χ1v) is 11.7. The van der Waals surface area contributed by atoms with Crippen molar-refractivity contribution in [2.24, 2.45) is 5.92 Å². The first kappa shape index (κ1) is 24.4. The third-order valence-corrected chi connectivity index (χ3v) is 6.52. The number of hydrazine groups is 1. The van der Waals surface area contributed by atoms with Gasteiger partial charge in [-0.15, -0.1) is 0 Å². The summed E-state index contributed by atoms with van der Waals surface area (Å²) in [5.74, 6) is 0.126. The van der Waals surface area contributed by atoms with E-state index in [1.54, 1.807) is 36.3 Å². The van der Waals surface area contributed by atoms with E-state index in [-0.39, 0.29) is 24.8 Å². The van der Waals surface area contributed by atoms with Crippen molar-refractivity contribution >= 4 is 34.8 Å². The van der Waals surface area contributed by atoms with Crippen LogP contribution in [0.1, 0.15) is 23.1 Å². The first-order valence-electron chi connectivity index (χ1n) is 11.3. The highest BCUT2D eigenvalue weighted by Crippen LogP contribution is 2.36. The molecule has 0 aromatic heterocycles. The molecule has 1 aliphatic rings. The predicted molar refractivity (Wildman–Crippen MR) is 137 cm³/mol. The van der Waals surface area contributed by atoms with Gasteiger partial charge in [0.15, 0.2) is 11.5 Å². The quantitative estimate of drug-likeness (QED) is 0.430. The lowest BCUT2D eigenvalue weighted by molar-refractivity contribution is -0.125. The van der Waals surface area contributed by atoms with E-state index in [0.29, 0.717) is 28.8 Å². The van der Waals surface area contributed by atoms with E-state index < -0.39 is 5.92 Å². The van der Waals surface area contributed by atoms with Crippen molar-refractivity contribution < 1.29 is 19.1 Å². The summed E-state index contributed by atoms with van der Waals surface area (Å²) in [6.07, 6.45) is 0.147. The number of nitrogens with one attached hydrogen (secondary N) is 2. The van der Waals surface area contributed by atoms with Gasteiger partial charge < -0.3 is 14.4 Å². The number of methoxy groups -OCH3 is 1. The van der Waals surface area contributed by atoms with Crippen molar-refractivity contribution in [1.82, 2.24) is 5.43 Å². The molecular formula is C27H28ClN3O4. The Labute approximate surface area is 210 Å². The molecule has 2 amide bonds. The topological polar surface area (TPSA) is 79.9 Å². The molecule has 8 heteroatoms. The standard InChI is InChI=1S/C27H28ClN3O4/c1-17-11-12-21(13-18(17)2)31-15-20(14-25(31)32)27(33)30-29-23-9-6-10-24(34-3)26(23)35-16-19-7-4-5-8-22(19)28/h4-13,20,29H,14-16H2,1-3H3,(H,30,33)/t20-/m1/s1. The van der Waals surface area contributed by atoms with Gasteiger partial charge >= 0.3 is 0 Å². The Kier molecular flexibility index (Phi) is 7.46. The first-order chi connectivity index (χ1) is 16.9. The molecule has 3 aromatic carbocycles. The minimum Gasteiger partial charge on any atom is -0.493 e. The molecule has 0 unspecified atom stereocenters. The Morgan fingerprint density at radius 1 is 1.09 bits per heavy atom. The zero-order valence-electron chi connectivity index (χ0n) is 19.9. The normalized spacial score (nSPS) is 15.1. The molecule has 4 rings (SSSR count). The van der Waals surface area contributed by atoms with Gasteiger partial charge in [-0.2, -0.15) is 0 Å². The van der Waals surface area contributed by atoms with Crippen molar-refractivity contribution in [3.05, 3.63) is 82.4 Å². The molecule has 1 fully saturated rings. The van der Waals surface area contributed by atoms with Gasteiger partial charge in [-0.25, -0.2) is 0 Å². The van der Waals surface area contributed by atoms with Crippen LogP contribution in [0.3, 0.4) is 0 Å². The zero-order valence-corrected chi connectivity index (χ0v) is 20.7. The van der Waals surface area contributed by atoms with Gasteiger partial charge in [-0.3, -0.25) is 20.4 Å². The molecule has 2 N–H and O–H groups in total. The average Bonchev–Trinajstić information content (AvgIpc) is 3.25. The molecule has 1 saturated heterocycles. The van der Waals surface area contributed by atoms with Crippen LogP contribution < -0.4 is 25.2 Å². The second-order valence-electron chi connectivity index (χ2n) is 8.51. The monoisotopic (exact) mass is 493 g/mol. The molecule has 0 bridgehead atoms. The Balaban J connectivity index is 1.42. The summed E-state index contributed by atoms with van der Waals surface area (Å²) in [6.45, 7) is 4.58.